The van der Waals surface area contributed by atoms with Gasteiger partial charge in [-0.15, -0.1) is 0 Å². The second-order valence-electron chi connectivity index (χ2n) is 7.49. The van der Waals surface area contributed by atoms with Gasteiger partial charge in [0.15, 0.2) is 0 Å². The van der Waals surface area contributed by atoms with Crippen LogP contribution in [-0.2, 0) is 11.3 Å². The van der Waals surface area contributed by atoms with Crippen LogP contribution in [0.4, 0.5) is 0 Å². The highest BCUT2D eigenvalue weighted by molar-refractivity contribution is 5.84. The number of nitrogens with one attached hydrogen (secondary N) is 1. The Hall–Kier alpha value is -3.87. The van der Waals surface area contributed by atoms with E-state index in [-0.39, 0.29) is 11.9 Å². The fraction of sp³-hybridized carbons (Fsp3) is 0.240. The fourth-order valence-electron chi connectivity index (χ4n) is 3.85. The van der Waals surface area contributed by atoms with Crippen molar-refractivity contribution in [3.63, 3.8) is 0 Å². The number of carbonyl (C=O) groups is 1. The molecule has 0 saturated carbocycles. The molecule has 0 spiro atoms. The smallest absolute Gasteiger partial charge is 0.222 e. The van der Waals surface area contributed by atoms with Crippen molar-refractivity contribution in [1.82, 2.24) is 19.9 Å². The molecule has 4 rings (SSSR count). The molecule has 4 aromatic rings. The highest BCUT2D eigenvalue weighted by Crippen LogP contribution is 2.30. The maximum atomic E-state index is 12.8. The number of pyridine rings is 2. The van der Waals surface area contributed by atoms with Crippen LogP contribution in [0.2, 0.25) is 0 Å². The molecule has 3 heterocycles. The van der Waals surface area contributed by atoms with Crippen LogP contribution >= 0.6 is 0 Å². The molecule has 0 radical (unpaired) electrons. The molecular weight excluding hydrogens is 404 g/mol. The van der Waals surface area contributed by atoms with Crippen LogP contribution in [0.1, 0.15) is 24.9 Å². The standard InChI is InChI=1S/C25H26N4O3/c1-17(21-15-20(31-2)8-9-23(21)32-3)28-24(30)10-13-29-22(19-7-4-11-26-16-19)14-18-6-5-12-27-25(18)29/h4-9,11-12,14-17H,10,13H2,1-3H3,(H,28,30)/t17-/m0/s1. The molecule has 1 N–H and O–H groups in total. The SMILES string of the molecule is COc1ccc(OC)c([C@H](C)NC(=O)CCn2c(-c3cccnc3)cc3cccnc32)c1. The normalized spacial score (nSPS) is 11.8. The van der Waals surface area contributed by atoms with Gasteiger partial charge in [0.25, 0.3) is 0 Å². The van der Waals surface area contributed by atoms with E-state index in [0.29, 0.717) is 24.5 Å². The van der Waals surface area contributed by atoms with Crippen molar-refractivity contribution in [2.45, 2.75) is 25.9 Å². The molecule has 32 heavy (non-hydrogen) atoms. The summed E-state index contributed by atoms with van der Waals surface area (Å²) in [7, 11) is 3.23. The van der Waals surface area contributed by atoms with Crippen LogP contribution in [-0.4, -0.2) is 34.7 Å². The lowest BCUT2D eigenvalue weighted by atomic mass is 10.1. The van der Waals surface area contributed by atoms with Gasteiger partial charge in [0.1, 0.15) is 17.1 Å². The number of benzene rings is 1. The van der Waals surface area contributed by atoms with Gasteiger partial charge in [-0.2, -0.15) is 0 Å². The number of hydrogen-bond donors (Lipinski definition) is 1. The number of aryl methyl sites for hydroxylation is 1. The maximum absolute atomic E-state index is 12.8. The van der Waals surface area contributed by atoms with Crippen molar-refractivity contribution in [3.8, 4) is 22.8 Å². The molecule has 164 valence electrons. The van der Waals surface area contributed by atoms with Crippen LogP contribution in [0, 0.1) is 0 Å². The quantitative estimate of drug-likeness (QED) is 0.449. The van der Waals surface area contributed by atoms with Crippen molar-refractivity contribution in [2.24, 2.45) is 0 Å². The number of aromatic nitrogens is 3. The third kappa shape index (κ3) is 4.42. The lowest BCUT2D eigenvalue weighted by Crippen LogP contribution is -2.27. The number of amides is 1. The number of fused-ring (bicyclic) bond motifs is 1. The predicted octanol–water partition coefficient (Wildman–Crippen LogP) is 4.38. The molecule has 0 aliphatic heterocycles. The number of methoxy groups -OCH3 is 2. The van der Waals surface area contributed by atoms with Crippen LogP contribution in [0.5, 0.6) is 11.5 Å². The molecule has 0 bridgehead atoms. The van der Waals surface area contributed by atoms with Crippen LogP contribution in [0.15, 0.2) is 67.1 Å². The lowest BCUT2D eigenvalue weighted by molar-refractivity contribution is -0.121. The number of hydrogen-bond acceptors (Lipinski definition) is 5. The Balaban J connectivity index is 1.53. The monoisotopic (exact) mass is 430 g/mol. The molecule has 7 nitrogen and oxygen atoms in total. The predicted molar refractivity (Wildman–Crippen MR) is 124 cm³/mol. The molecule has 0 saturated heterocycles. The summed E-state index contributed by atoms with van der Waals surface area (Å²) >= 11 is 0. The third-order valence-corrected chi connectivity index (χ3v) is 5.46. The van der Waals surface area contributed by atoms with E-state index >= 15 is 0 Å². The number of carbonyl (C=O) groups excluding carboxylic acids is 1. The van der Waals surface area contributed by atoms with Crippen molar-refractivity contribution in [2.75, 3.05) is 14.2 Å². The topological polar surface area (TPSA) is 78.3 Å². The van der Waals surface area contributed by atoms with Crippen molar-refractivity contribution in [3.05, 3.63) is 72.7 Å². The zero-order chi connectivity index (χ0) is 22.5. The summed E-state index contributed by atoms with van der Waals surface area (Å²) in [5.41, 5.74) is 3.69. The van der Waals surface area contributed by atoms with E-state index in [2.05, 4.69) is 25.9 Å². The summed E-state index contributed by atoms with van der Waals surface area (Å²) in [5, 5.41) is 4.10. The Kier molecular flexibility index (Phi) is 6.35. The molecule has 3 aromatic heterocycles. The average molecular weight is 431 g/mol. The molecular formula is C25H26N4O3. The van der Waals surface area contributed by atoms with Crippen LogP contribution in [0.3, 0.4) is 0 Å². The first-order chi connectivity index (χ1) is 15.6. The minimum Gasteiger partial charge on any atom is -0.497 e. The van der Waals surface area contributed by atoms with Crippen LogP contribution < -0.4 is 14.8 Å². The number of rotatable bonds is 8. The summed E-state index contributed by atoms with van der Waals surface area (Å²) in [6.07, 6.45) is 5.64. The molecule has 1 amide bonds. The van der Waals surface area contributed by atoms with Gasteiger partial charge in [-0.25, -0.2) is 4.98 Å². The summed E-state index contributed by atoms with van der Waals surface area (Å²) < 4.78 is 12.8. The summed E-state index contributed by atoms with van der Waals surface area (Å²) in [6, 6.07) is 15.3. The van der Waals surface area contributed by atoms with Gasteiger partial charge in [-0.05, 0) is 55.5 Å². The zero-order valence-electron chi connectivity index (χ0n) is 18.4. The minimum atomic E-state index is -0.232. The van der Waals surface area contributed by atoms with E-state index in [1.54, 1.807) is 26.6 Å². The zero-order valence-corrected chi connectivity index (χ0v) is 18.4. The Bertz CT molecular complexity index is 1220. The van der Waals surface area contributed by atoms with Crippen molar-refractivity contribution in [1.29, 1.82) is 0 Å². The molecule has 0 aliphatic rings. The van der Waals surface area contributed by atoms with Crippen molar-refractivity contribution < 1.29 is 14.3 Å². The Morgan fingerprint density at radius 2 is 1.94 bits per heavy atom. The fourth-order valence-corrected chi connectivity index (χ4v) is 3.85. The van der Waals surface area contributed by atoms with E-state index in [1.807, 2.05) is 55.6 Å². The molecule has 7 heteroatoms. The van der Waals surface area contributed by atoms with Gasteiger partial charge in [-0.3, -0.25) is 9.78 Å². The molecule has 1 aromatic carbocycles. The first-order valence-corrected chi connectivity index (χ1v) is 10.5. The first kappa shape index (κ1) is 21.4. The Labute approximate surface area is 187 Å². The number of nitrogens with zero attached hydrogens (tertiary/aromatic N) is 3. The van der Waals surface area contributed by atoms with E-state index in [4.69, 9.17) is 9.47 Å². The van der Waals surface area contributed by atoms with Gasteiger partial charge in [-0.1, -0.05) is 0 Å². The van der Waals surface area contributed by atoms with Crippen LogP contribution in [0.25, 0.3) is 22.3 Å². The minimum absolute atomic E-state index is 0.0581. The van der Waals surface area contributed by atoms with Gasteiger partial charge < -0.3 is 19.4 Å². The van der Waals surface area contributed by atoms with Gasteiger partial charge >= 0.3 is 0 Å². The van der Waals surface area contributed by atoms with Crippen molar-refractivity contribution >= 4 is 16.9 Å². The molecule has 0 fully saturated rings. The van der Waals surface area contributed by atoms with E-state index < -0.39 is 0 Å². The average Bonchev–Trinajstić information content (AvgIpc) is 3.21. The van der Waals surface area contributed by atoms with E-state index in [0.717, 1.165) is 27.9 Å². The Morgan fingerprint density at radius 3 is 2.69 bits per heavy atom. The molecule has 0 unspecified atom stereocenters. The van der Waals surface area contributed by atoms with E-state index in [9.17, 15) is 4.79 Å². The maximum Gasteiger partial charge on any atom is 0.222 e. The highest BCUT2D eigenvalue weighted by atomic mass is 16.5. The molecule has 0 aliphatic carbocycles. The third-order valence-electron chi connectivity index (χ3n) is 5.46. The second-order valence-corrected chi connectivity index (χ2v) is 7.49. The van der Waals surface area contributed by atoms with Gasteiger partial charge in [0.05, 0.1) is 26.0 Å². The summed E-state index contributed by atoms with van der Waals surface area (Å²) in [6.45, 7) is 2.43. The second kappa shape index (κ2) is 9.51. The van der Waals surface area contributed by atoms with Gasteiger partial charge in [0, 0.05) is 48.1 Å². The number of ether oxygens (including phenoxy) is 2. The largest absolute Gasteiger partial charge is 0.497 e. The first-order valence-electron chi connectivity index (χ1n) is 10.5. The summed E-state index contributed by atoms with van der Waals surface area (Å²) in [5.74, 6) is 1.36. The summed E-state index contributed by atoms with van der Waals surface area (Å²) in [4.78, 5) is 21.6. The van der Waals surface area contributed by atoms with E-state index in [1.165, 1.54) is 0 Å². The van der Waals surface area contributed by atoms with Gasteiger partial charge in [0.2, 0.25) is 5.91 Å². The highest BCUT2D eigenvalue weighted by Gasteiger charge is 2.17. The lowest BCUT2D eigenvalue weighted by Gasteiger charge is -2.18. The molecule has 1 atom stereocenters. The Morgan fingerprint density at radius 1 is 1.09 bits per heavy atom.